The predicted octanol–water partition coefficient (Wildman–Crippen LogP) is 10.4. The summed E-state index contributed by atoms with van der Waals surface area (Å²) in [6.07, 6.45) is 4.28. The van der Waals surface area contributed by atoms with E-state index in [1.807, 2.05) is 6.07 Å². The Labute approximate surface area is 273 Å². The third kappa shape index (κ3) is 4.31. The molecular weight excluding hydrogens is 574 g/mol. The van der Waals surface area contributed by atoms with E-state index in [1.165, 1.54) is 32.7 Å². The van der Waals surface area contributed by atoms with Crippen LogP contribution in [0.4, 0.5) is 0 Å². The van der Waals surface area contributed by atoms with Crippen LogP contribution in [0.2, 0.25) is 0 Å². The molecule has 9 aromatic rings. The summed E-state index contributed by atoms with van der Waals surface area (Å²) in [6.45, 7) is 6.65. The minimum absolute atomic E-state index is 0.150. The number of para-hydroxylation sites is 3. The van der Waals surface area contributed by atoms with Crippen LogP contribution in [0, 0.1) is 0 Å². The lowest BCUT2D eigenvalue weighted by Gasteiger charge is -2.20. The minimum Gasteiger partial charge on any atom is -0.316 e. The quantitative estimate of drug-likeness (QED) is 0.200. The van der Waals surface area contributed by atoms with Crippen molar-refractivity contribution in [1.82, 2.24) is 23.7 Å². The molecule has 5 aromatic carbocycles. The van der Waals surface area contributed by atoms with Crippen molar-refractivity contribution in [3.63, 3.8) is 0 Å². The summed E-state index contributed by atoms with van der Waals surface area (Å²) in [7, 11) is 0. The van der Waals surface area contributed by atoms with Crippen LogP contribution in [0.3, 0.4) is 0 Å². The van der Waals surface area contributed by atoms with Crippen molar-refractivity contribution in [3.05, 3.63) is 152 Å². The zero-order chi connectivity index (χ0) is 31.7. The summed E-state index contributed by atoms with van der Waals surface area (Å²) in [5.74, 6) is 0.731. The van der Waals surface area contributed by atoms with Crippen molar-refractivity contribution in [2.75, 3.05) is 0 Å². The zero-order valence-electron chi connectivity index (χ0n) is 26.6. The second-order valence-corrected chi connectivity index (χ2v) is 13.2. The van der Waals surface area contributed by atoms with Crippen LogP contribution in [0.25, 0.3) is 72.2 Å². The molecule has 0 bridgehead atoms. The van der Waals surface area contributed by atoms with Crippen molar-refractivity contribution >= 4 is 43.7 Å². The van der Waals surface area contributed by atoms with Crippen LogP contribution in [-0.2, 0) is 5.41 Å². The molecule has 0 spiro atoms. The van der Waals surface area contributed by atoms with E-state index in [2.05, 4.69) is 174 Å². The Bertz CT molecular complexity index is 2580. The molecule has 0 radical (unpaired) electrons. The molecule has 0 N–H and O–H groups in total. The fourth-order valence-electron chi connectivity index (χ4n) is 7.03. The van der Waals surface area contributed by atoms with Crippen molar-refractivity contribution < 1.29 is 0 Å². The zero-order valence-corrected chi connectivity index (χ0v) is 26.6. The first-order chi connectivity index (χ1) is 23.0. The standard InChI is InChI=1S/C42H33N5/c1-42(2,3)39-35-25-27-46(30-14-8-5-9-15-30)41(35)44-40(43-39)28-18-20-31(21-19-28)47-37-17-11-10-16-32(37)33-22-23-36-34(38(33)47)24-26-45(36)29-12-6-4-7-13-29/h4-27H,1-3H3. The van der Waals surface area contributed by atoms with Crippen LogP contribution in [0.15, 0.2) is 146 Å². The summed E-state index contributed by atoms with van der Waals surface area (Å²) in [5.41, 5.74) is 9.72. The van der Waals surface area contributed by atoms with E-state index in [-0.39, 0.29) is 5.41 Å². The van der Waals surface area contributed by atoms with Crippen LogP contribution < -0.4 is 0 Å². The largest absolute Gasteiger partial charge is 0.316 e. The lowest BCUT2D eigenvalue weighted by atomic mass is 9.90. The Morgan fingerprint density at radius 2 is 1.11 bits per heavy atom. The molecule has 0 aliphatic carbocycles. The lowest BCUT2D eigenvalue weighted by molar-refractivity contribution is 0.575. The second kappa shape index (κ2) is 10.3. The number of rotatable bonds is 4. The third-order valence-corrected chi connectivity index (χ3v) is 9.21. The van der Waals surface area contributed by atoms with Gasteiger partial charge in [0.25, 0.3) is 0 Å². The van der Waals surface area contributed by atoms with E-state index in [0.29, 0.717) is 0 Å². The molecule has 47 heavy (non-hydrogen) atoms. The van der Waals surface area contributed by atoms with Crippen molar-refractivity contribution in [2.24, 2.45) is 0 Å². The Morgan fingerprint density at radius 1 is 0.468 bits per heavy atom. The molecule has 0 fully saturated rings. The Kier molecular flexibility index (Phi) is 6.00. The summed E-state index contributed by atoms with van der Waals surface area (Å²) in [6, 6.07) is 47.2. The third-order valence-electron chi connectivity index (χ3n) is 9.21. The summed E-state index contributed by atoms with van der Waals surface area (Å²) in [4.78, 5) is 10.3. The molecule has 0 aliphatic rings. The first-order valence-corrected chi connectivity index (χ1v) is 16.1. The molecule has 4 heterocycles. The number of nitrogens with zero attached hydrogens (tertiary/aromatic N) is 5. The van der Waals surface area contributed by atoms with Crippen molar-refractivity contribution in [2.45, 2.75) is 26.2 Å². The molecule has 0 saturated carbocycles. The van der Waals surface area contributed by atoms with Crippen LogP contribution in [0.1, 0.15) is 26.5 Å². The van der Waals surface area contributed by atoms with Gasteiger partial charge in [-0.3, -0.25) is 0 Å². The second-order valence-electron chi connectivity index (χ2n) is 13.2. The van der Waals surface area contributed by atoms with Gasteiger partial charge in [0, 0.05) is 62.0 Å². The van der Waals surface area contributed by atoms with Crippen LogP contribution in [-0.4, -0.2) is 23.7 Å². The fourth-order valence-corrected chi connectivity index (χ4v) is 7.03. The minimum atomic E-state index is -0.150. The molecule has 5 nitrogen and oxygen atoms in total. The molecular formula is C42H33N5. The van der Waals surface area contributed by atoms with E-state index in [1.54, 1.807) is 0 Å². The molecule has 0 saturated heterocycles. The number of hydrogen-bond donors (Lipinski definition) is 0. The molecule has 5 heteroatoms. The normalized spacial score (nSPS) is 12.1. The van der Waals surface area contributed by atoms with Gasteiger partial charge in [-0.25, -0.2) is 9.97 Å². The van der Waals surface area contributed by atoms with Crippen molar-refractivity contribution in [3.8, 4) is 28.5 Å². The Hall–Kier alpha value is -5.94. The topological polar surface area (TPSA) is 40.6 Å². The smallest absolute Gasteiger partial charge is 0.161 e. The van der Waals surface area contributed by atoms with E-state index < -0.39 is 0 Å². The van der Waals surface area contributed by atoms with E-state index in [0.717, 1.165) is 45.2 Å². The number of aromatic nitrogens is 5. The first-order valence-electron chi connectivity index (χ1n) is 16.1. The van der Waals surface area contributed by atoms with Crippen LogP contribution in [0.5, 0.6) is 0 Å². The number of fused-ring (bicyclic) bond motifs is 6. The van der Waals surface area contributed by atoms with Gasteiger partial charge in [-0.1, -0.05) is 81.4 Å². The summed E-state index contributed by atoms with van der Waals surface area (Å²) >= 11 is 0. The monoisotopic (exact) mass is 607 g/mol. The summed E-state index contributed by atoms with van der Waals surface area (Å²) < 4.78 is 6.83. The first kappa shape index (κ1) is 27.4. The predicted molar refractivity (Wildman–Crippen MR) is 194 cm³/mol. The molecule has 4 aromatic heterocycles. The molecule has 226 valence electrons. The average molecular weight is 608 g/mol. The Balaban J connectivity index is 1.22. The molecule has 0 atom stereocenters. The molecule has 0 aliphatic heterocycles. The average Bonchev–Trinajstić information content (AvgIpc) is 3.82. The highest BCUT2D eigenvalue weighted by molar-refractivity contribution is 6.18. The van der Waals surface area contributed by atoms with Gasteiger partial charge >= 0.3 is 0 Å². The van der Waals surface area contributed by atoms with Crippen molar-refractivity contribution in [1.29, 1.82) is 0 Å². The number of benzene rings is 5. The SMILES string of the molecule is CC(C)(C)c1nc(-c2ccc(-n3c4ccccc4c4ccc5c(ccn5-c5ccccc5)c43)cc2)nc2c1ccn2-c1ccccc1. The molecule has 0 amide bonds. The van der Waals surface area contributed by atoms with Gasteiger partial charge in [0.15, 0.2) is 5.82 Å². The van der Waals surface area contributed by atoms with Gasteiger partial charge in [-0.05, 0) is 72.8 Å². The highest BCUT2D eigenvalue weighted by Crippen LogP contribution is 2.38. The maximum atomic E-state index is 5.18. The van der Waals surface area contributed by atoms with Gasteiger partial charge in [0.2, 0.25) is 0 Å². The van der Waals surface area contributed by atoms with E-state index in [4.69, 9.17) is 9.97 Å². The van der Waals surface area contributed by atoms with Gasteiger partial charge < -0.3 is 13.7 Å². The van der Waals surface area contributed by atoms with E-state index in [9.17, 15) is 0 Å². The number of hydrogen-bond acceptors (Lipinski definition) is 2. The maximum absolute atomic E-state index is 5.18. The van der Waals surface area contributed by atoms with E-state index >= 15 is 0 Å². The van der Waals surface area contributed by atoms with Gasteiger partial charge in [-0.2, -0.15) is 0 Å². The van der Waals surface area contributed by atoms with Crippen LogP contribution >= 0.6 is 0 Å². The Morgan fingerprint density at radius 3 is 1.83 bits per heavy atom. The highest BCUT2D eigenvalue weighted by atomic mass is 15.1. The van der Waals surface area contributed by atoms with Gasteiger partial charge in [0.05, 0.1) is 22.2 Å². The molecule has 0 unspecified atom stereocenters. The van der Waals surface area contributed by atoms with Gasteiger partial charge in [-0.15, -0.1) is 0 Å². The summed E-state index contributed by atoms with van der Waals surface area (Å²) in [5, 5.41) is 4.79. The molecule has 9 rings (SSSR count). The highest BCUT2D eigenvalue weighted by Gasteiger charge is 2.23. The maximum Gasteiger partial charge on any atom is 0.161 e. The van der Waals surface area contributed by atoms with Gasteiger partial charge in [0.1, 0.15) is 5.65 Å². The fraction of sp³-hybridized carbons (Fsp3) is 0.0952. The lowest BCUT2D eigenvalue weighted by Crippen LogP contribution is -2.15.